The highest BCUT2D eigenvalue weighted by atomic mass is 16.5. The summed E-state index contributed by atoms with van der Waals surface area (Å²) in [6.45, 7) is 3.01. The van der Waals surface area contributed by atoms with Crippen LogP contribution in [-0.2, 0) is 11.2 Å². The van der Waals surface area contributed by atoms with E-state index >= 15 is 0 Å². The minimum absolute atomic E-state index is 0.178. The number of piperidine rings is 1. The van der Waals surface area contributed by atoms with Crippen molar-refractivity contribution in [2.45, 2.75) is 26.2 Å². The Hall–Kier alpha value is -1.51. The van der Waals surface area contributed by atoms with Gasteiger partial charge in [0.15, 0.2) is 0 Å². The van der Waals surface area contributed by atoms with Gasteiger partial charge in [0.1, 0.15) is 5.75 Å². The van der Waals surface area contributed by atoms with Crippen molar-refractivity contribution >= 4 is 5.91 Å². The van der Waals surface area contributed by atoms with Gasteiger partial charge in [-0.25, -0.2) is 0 Å². The molecule has 1 atom stereocenters. The predicted molar refractivity (Wildman–Crippen MR) is 67.0 cm³/mol. The molecule has 1 N–H and O–H groups in total. The van der Waals surface area contributed by atoms with Gasteiger partial charge in [0.2, 0.25) is 5.91 Å². The van der Waals surface area contributed by atoms with Crippen molar-refractivity contribution in [3.05, 3.63) is 29.8 Å². The van der Waals surface area contributed by atoms with Crippen LogP contribution in [-0.4, -0.2) is 19.6 Å². The van der Waals surface area contributed by atoms with Crippen LogP contribution >= 0.6 is 0 Å². The number of hydrogen-bond acceptors (Lipinski definition) is 2. The van der Waals surface area contributed by atoms with E-state index in [0.29, 0.717) is 6.42 Å². The summed E-state index contributed by atoms with van der Waals surface area (Å²) in [4.78, 5) is 11.2. The monoisotopic (exact) mass is 233 g/mol. The molecule has 0 bridgehead atoms. The fraction of sp³-hybridized carbons (Fsp3) is 0.500. The number of carbonyl (C=O) groups is 1. The van der Waals surface area contributed by atoms with Gasteiger partial charge in [-0.2, -0.15) is 0 Å². The average molecular weight is 233 g/mol. The average Bonchev–Trinajstić information content (AvgIpc) is 2.34. The number of benzene rings is 1. The van der Waals surface area contributed by atoms with Crippen molar-refractivity contribution in [2.24, 2.45) is 5.41 Å². The zero-order chi connectivity index (χ0) is 12.3. The molecule has 0 spiro atoms. The maximum Gasteiger partial charge on any atom is 0.220 e. The summed E-state index contributed by atoms with van der Waals surface area (Å²) in [5, 5.41) is 2.95. The van der Waals surface area contributed by atoms with Gasteiger partial charge in [0.25, 0.3) is 0 Å². The van der Waals surface area contributed by atoms with Gasteiger partial charge in [-0.05, 0) is 36.0 Å². The summed E-state index contributed by atoms with van der Waals surface area (Å²) in [6.07, 6.45) is 2.61. The summed E-state index contributed by atoms with van der Waals surface area (Å²) in [7, 11) is 1.67. The lowest BCUT2D eigenvalue weighted by molar-refractivity contribution is -0.124. The van der Waals surface area contributed by atoms with Crippen LogP contribution in [0.25, 0.3) is 0 Å². The second kappa shape index (κ2) is 4.78. The molecule has 1 fully saturated rings. The van der Waals surface area contributed by atoms with Gasteiger partial charge in [-0.1, -0.05) is 19.1 Å². The van der Waals surface area contributed by atoms with E-state index in [1.807, 2.05) is 12.1 Å². The summed E-state index contributed by atoms with van der Waals surface area (Å²) >= 11 is 0. The number of rotatable bonds is 3. The smallest absolute Gasteiger partial charge is 0.220 e. The molecule has 1 aliphatic rings. The summed E-state index contributed by atoms with van der Waals surface area (Å²) in [5.41, 5.74) is 1.48. The first-order valence-electron chi connectivity index (χ1n) is 6.01. The van der Waals surface area contributed by atoms with Crippen LogP contribution in [0.15, 0.2) is 24.3 Å². The number of ether oxygens (including phenoxy) is 1. The van der Waals surface area contributed by atoms with Crippen LogP contribution in [0.1, 0.15) is 25.3 Å². The standard InChI is InChI=1S/C14H19NO2/c1-14(8-7-13(16)15-10-14)9-11-3-5-12(17-2)6-4-11/h3-6H,7-10H2,1-2H3,(H,15,16). The normalized spacial score (nSPS) is 24.2. The molecule has 1 unspecified atom stereocenters. The minimum atomic E-state index is 0.178. The lowest BCUT2D eigenvalue weighted by Gasteiger charge is -2.33. The fourth-order valence-corrected chi connectivity index (χ4v) is 2.29. The van der Waals surface area contributed by atoms with Gasteiger partial charge in [-0.3, -0.25) is 4.79 Å². The maximum atomic E-state index is 11.2. The van der Waals surface area contributed by atoms with Gasteiger partial charge < -0.3 is 10.1 Å². The largest absolute Gasteiger partial charge is 0.497 e. The zero-order valence-corrected chi connectivity index (χ0v) is 10.5. The van der Waals surface area contributed by atoms with Crippen LogP contribution in [0.2, 0.25) is 0 Å². The van der Waals surface area contributed by atoms with Crippen molar-refractivity contribution in [3.8, 4) is 5.75 Å². The lowest BCUT2D eigenvalue weighted by atomic mass is 9.77. The minimum Gasteiger partial charge on any atom is -0.497 e. The number of carbonyl (C=O) groups excluding carboxylic acids is 1. The van der Waals surface area contributed by atoms with E-state index in [4.69, 9.17) is 4.74 Å². The number of methoxy groups -OCH3 is 1. The quantitative estimate of drug-likeness (QED) is 0.868. The van der Waals surface area contributed by atoms with Gasteiger partial charge in [0, 0.05) is 13.0 Å². The molecular formula is C14H19NO2. The Labute approximate surface area is 102 Å². The first-order valence-corrected chi connectivity index (χ1v) is 6.01. The predicted octanol–water partition coefficient (Wildman–Crippen LogP) is 2.15. The fourth-order valence-electron chi connectivity index (χ4n) is 2.29. The highest BCUT2D eigenvalue weighted by molar-refractivity contribution is 5.76. The number of nitrogens with one attached hydrogen (secondary N) is 1. The van der Waals surface area contributed by atoms with E-state index < -0.39 is 0 Å². The van der Waals surface area contributed by atoms with Crippen LogP contribution < -0.4 is 10.1 Å². The number of hydrogen-bond donors (Lipinski definition) is 1. The summed E-state index contributed by atoms with van der Waals surface area (Å²) in [5.74, 6) is 1.06. The Bertz CT molecular complexity index is 387. The molecule has 0 aromatic heterocycles. The molecular weight excluding hydrogens is 214 g/mol. The molecule has 17 heavy (non-hydrogen) atoms. The Morgan fingerprint density at radius 1 is 1.35 bits per heavy atom. The van der Waals surface area contributed by atoms with Crippen molar-refractivity contribution < 1.29 is 9.53 Å². The van der Waals surface area contributed by atoms with E-state index in [0.717, 1.165) is 25.1 Å². The highest BCUT2D eigenvalue weighted by Crippen LogP contribution is 2.30. The SMILES string of the molecule is COc1ccc(CC2(C)CCC(=O)NC2)cc1. The van der Waals surface area contributed by atoms with E-state index in [1.54, 1.807) is 7.11 Å². The van der Waals surface area contributed by atoms with Gasteiger partial charge in [-0.15, -0.1) is 0 Å². The van der Waals surface area contributed by atoms with Crippen LogP contribution in [0.5, 0.6) is 5.75 Å². The van der Waals surface area contributed by atoms with Crippen LogP contribution in [0.3, 0.4) is 0 Å². The molecule has 1 saturated heterocycles. The first-order chi connectivity index (χ1) is 8.11. The van der Waals surface area contributed by atoms with E-state index in [2.05, 4.69) is 24.4 Å². The van der Waals surface area contributed by atoms with Crippen LogP contribution in [0, 0.1) is 5.41 Å². The third-order valence-corrected chi connectivity index (χ3v) is 3.46. The van der Waals surface area contributed by atoms with Crippen molar-refractivity contribution in [3.63, 3.8) is 0 Å². The van der Waals surface area contributed by atoms with Crippen molar-refractivity contribution in [1.82, 2.24) is 5.32 Å². The third kappa shape index (κ3) is 2.99. The topological polar surface area (TPSA) is 38.3 Å². The molecule has 1 aromatic carbocycles. The van der Waals surface area contributed by atoms with E-state index in [1.165, 1.54) is 5.56 Å². The maximum absolute atomic E-state index is 11.2. The molecule has 0 aliphatic carbocycles. The molecule has 1 amide bonds. The molecule has 2 rings (SSSR count). The van der Waals surface area contributed by atoms with E-state index in [-0.39, 0.29) is 11.3 Å². The molecule has 0 radical (unpaired) electrons. The first kappa shape index (κ1) is 12.0. The molecule has 92 valence electrons. The van der Waals surface area contributed by atoms with E-state index in [9.17, 15) is 4.79 Å². The Balaban J connectivity index is 2.01. The Morgan fingerprint density at radius 3 is 2.59 bits per heavy atom. The van der Waals surface area contributed by atoms with Crippen molar-refractivity contribution in [2.75, 3.05) is 13.7 Å². The second-order valence-electron chi connectivity index (χ2n) is 5.11. The third-order valence-electron chi connectivity index (χ3n) is 3.46. The second-order valence-corrected chi connectivity index (χ2v) is 5.11. The molecule has 1 heterocycles. The molecule has 3 nitrogen and oxygen atoms in total. The lowest BCUT2D eigenvalue weighted by Crippen LogP contribution is -2.42. The number of amides is 1. The van der Waals surface area contributed by atoms with Gasteiger partial charge in [0.05, 0.1) is 7.11 Å². The highest BCUT2D eigenvalue weighted by Gasteiger charge is 2.29. The summed E-state index contributed by atoms with van der Waals surface area (Å²) < 4.78 is 5.14. The zero-order valence-electron chi connectivity index (χ0n) is 10.5. The molecule has 1 aromatic rings. The van der Waals surface area contributed by atoms with Crippen LogP contribution in [0.4, 0.5) is 0 Å². The Kier molecular flexibility index (Phi) is 3.36. The van der Waals surface area contributed by atoms with Gasteiger partial charge >= 0.3 is 0 Å². The molecule has 3 heteroatoms. The molecule has 0 saturated carbocycles. The van der Waals surface area contributed by atoms with Crippen molar-refractivity contribution in [1.29, 1.82) is 0 Å². The summed E-state index contributed by atoms with van der Waals surface area (Å²) in [6, 6.07) is 8.17. The molecule has 1 aliphatic heterocycles. The Morgan fingerprint density at radius 2 is 2.06 bits per heavy atom.